The van der Waals surface area contributed by atoms with Crippen molar-refractivity contribution in [1.29, 1.82) is 0 Å². The number of carbonyl (C=O) groups is 1. The molecule has 8 heteroatoms. The number of carbonyl (C=O) groups excluding carboxylic acids is 1. The number of hydrogen-bond acceptors (Lipinski definition) is 5. The molecule has 0 spiro atoms. The van der Waals surface area contributed by atoms with Crippen molar-refractivity contribution < 1.29 is 9.72 Å². The third-order valence-corrected chi connectivity index (χ3v) is 3.97. The SMILES string of the molecule is CSC(C)(C)CNC(=O)c1cc(Cl)ncc1[N+](=O)[O-]. The number of hydrogen-bond donors (Lipinski definition) is 1. The van der Waals surface area contributed by atoms with Gasteiger partial charge in [-0.25, -0.2) is 4.98 Å². The van der Waals surface area contributed by atoms with Crippen LogP contribution in [0.2, 0.25) is 5.15 Å². The van der Waals surface area contributed by atoms with Gasteiger partial charge in [-0.2, -0.15) is 11.8 Å². The van der Waals surface area contributed by atoms with Gasteiger partial charge in [-0.1, -0.05) is 11.6 Å². The highest BCUT2D eigenvalue weighted by Gasteiger charge is 2.23. The molecule has 0 saturated carbocycles. The molecule has 1 rings (SSSR count). The lowest BCUT2D eigenvalue weighted by molar-refractivity contribution is -0.385. The Balaban J connectivity index is 2.93. The summed E-state index contributed by atoms with van der Waals surface area (Å²) >= 11 is 7.26. The Labute approximate surface area is 120 Å². The molecule has 0 unspecified atom stereocenters. The zero-order valence-electron chi connectivity index (χ0n) is 10.8. The average Bonchev–Trinajstić information content (AvgIpc) is 2.35. The van der Waals surface area contributed by atoms with E-state index in [1.165, 1.54) is 6.07 Å². The molecule has 104 valence electrons. The summed E-state index contributed by atoms with van der Waals surface area (Å²) in [5.41, 5.74) is -0.439. The highest BCUT2D eigenvalue weighted by Crippen LogP contribution is 2.22. The van der Waals surface area contributed by atoms with Crippen molar-refractivity contribution in [1.82, 2.24) is 10.3 Å². The van der Waals surface area contributed by atoms with Crippen LogP contribution in [-0.4, -0.2) is 33.4 Å². The molecule has 0 fully saturated rings. The molecule has 1 N–H and O–H groups in total. The minimum Gasteiger partial charge on any atom is -0.350 e. The van der Waals surface area contributed by atoms with Crippen LogP contribution < -0.4 is 5.32 Å². The van der Waals surface area contributed by atoms with Gasteiger partial charge in [-0.3, -0.25) is 14.9 Å². The van der Waals surface area contributed by atoms with Crippen molar-refractivity contribution in [2.24, 2.45) is 0 Å². The molecule has 0 saturated heterocycles. The van der Waals surface area contributed by atoms with Gasteiger partial charge in [0.05, 0.1) is 4.92 Å². The van der Waals surface area contributed by atoms with Crippen LogP contribution in [0.5, 0.6) is 0 Å². The van der Waals surface area contributed by atoms with Crippen LogP contribution in [0, 0.1) is 10.1 Å². The number of aromatic nitrogens is 1. The zero-order chi connectivity index (χ0) is 14.6. The second-order valence-corrected chi connectivity index (χ2v) is 6.33. The maximum atomic E-state index is 12.0. The van der Waals surface area contributed by atoms with Crippen LogP contribution >= 0.6 is 23.4 Å². The molecule has 0 bridgehead atoms. The van der Waals surface area contributed by atoms with Gasteiger partial charge in [-0.15, -0.1) is 0 Å². The van der Waals surface area contributed by atoms with Gasteiger partial charge in [-0.05, 0) is 26.2 Å². The predicted octanol–water partition coefficient (Wildman–Crippen LogP) is 2.51. The fourth-order valence-corrected chi connectivity index (χ4v) is 1.58. The van der Waals surface area contributed by atoms with Gasteiger partial charge in [0.1, 0.15) is 16.9 Å². The topological polar surface area (TPSA) is 85.1 Å². The number of amides is 1. The number of pyridine rings is 1. The Hall–Kier alpha value is -1.34. The molecule has 0 radical (unpaired) electrons. The van der Waals surface area contributed by atoms with Crippen LogP contribution in [0.4, 0.5) is 5.69 Å². The number of nitrogens with zero attached hydrogens (tertiary/aromatic N) is 2. The quantitative estimate of drug-likeness (QED) is 0.513. The Morgan fingerprint density at radius 3 is 2.79 bits per heavy atom. The molecule has 19 heavy (non-hydrogen) atoms. The molecule has 0 aliphatic carbocycles. The number of halogens is 1. The second-order valence-electron chi connectivity index (χ2n) is 4.43. The lowest BCUT2D eigenvalue weighted by Gasteiger charge is -2.22. The Morgan fingerprint density at radius 1 is 1.63 bits per heavy atom. The van der Waals surface area contributed by atoms with E-state index < -0.39 is 10.8 Å². The summed E-state index contributed by atoms with van der Waals surface area (Å²) in [7, 11) is 0. The standard InChI is InChI=1S/C11H14ClN3O3S/c1-11(2,19-3)6-14-10(16)7-4-9(12)13-5-8(7)15(17)18/h4-5H,6H2,1-3H3,(H,14,16). The van der Waals surface area contributed by atoms with E-state index >= 15 is 0 Å². The molecule has 0 aliphatic rings. The maximum absolute atomic E-state index is 12.0. The summed E-state index contributed by atoms with van der Waals surface area (Å²) in [6.07, 6.45) is 2.91. The van der Waals surface area contributed by atoms with Crippen LogP contribution in [0.25, 0.3) is 0 Å². The summed E-state index contributed by atoms with van der Waals surface area (Å²) in [5, 5.41) is 13.5. The first-order chi connectivity index (χ1) is 8.76. The van der Waals surface area contributed by atoms with Gasteiger partial charge < -0.3 is 5.32 Å². The molecule has 6 nitrogen and oxygen atoms in total. The first-order valence-electron chi connectivity index (χ1n) is 5.40. The summed E-state index contributed by atoms with van der Waals surface area (Å²) in [6, 6.07) is 1.20. The summed E-state index contributed by atoms with van der Waals surface area (Å²) in [5.74, 6) is -0.530. The van der Waals surface area contributed by atoms with Crippen molar-refractivity contribution in [3.05, 3.63) is 33.1 Å². The molecular formula is C11H14ClN3O3S. The molecule has 0 atom stereocenters. The van der Waals surface area contributed by atoms with Gasteiger partial charge in [0.2, 0.25) is 0 Å². The normalized spacial score (nSPS) is 11.2. The van der Waals surface area contributed by atoms with Crippen molar-refractivity contribution in [2.45, 2.75) is 18.6 Å². The number of nitrogens with one attached hydrogen (secondary N) is 1. The summed E-state index contributed by atoms with van der Waals surface area (Å²) in [4.78, 5) is 25.8. The largest absolute Gasteiger partial charge is 0.350 e. The second kappa shape index (κ2) is 6.21. The van der Waals surface area contributed by atoms with Gasteiger partial charge >= 0.3 is 0 Å². The minimum absolute atomic E-state index is 0.0416. The molecular weight excluding hydrogens is 290 g/mol. The molecule has 0 aromatic carbocycles. The Bertz CT molecular complexity index is 508. The molecule has 1 amide bonds. The zero-order valence-corrected chi connectivity index (χ0v) is 12.3. The van der Waals surface area contributed by atoms with E-state index in [9.17, 15) is 14.9 Å². The Morgan fingerprint density at radius 2 is 2.26 bits per heavy atom. The fraction of sp³-hybridized carbons (Fsp3) is 0.455. The average molecular weight is 304 g/mol. The molecule has 1 heterocycles. The lowest BCUT2D eigenvalue weighted by Crippen LogP contribution is -2.36. The predicted molar refractivity (Wildman–Crippen MR) is 75.8 cm³/mol. The van der Waals surface area contributed by atoms with Gasteiger partial charge in [0.15, 0.2) is 0 Å². The van der Waals surface area contributed by atoms with E-state index in [2.05, 4.69) is 10.3 Å². The Kier molecular flexibility index (Phi) is 5.13. The van der Waals surface area contributed by atoms with Crippen molar-refractivity contribution in [3.8, 4) is 0 Å². The monoisotopic (exact) mass is 303 g/mol. The van der Waals surface area contributed by atoms with E-state index in [1.807, 2.05) is 20.1 Å². The van der Waals surface area contributed by atoms with Crippen molar-refractivity contribution in [3.63, 3.8) is 0 Å². The van der Waals surface area contributed by atoms with Crippen LogP contribution in [0.1, 0.15) is 24.2 Å². The first-order valence-corrected chi connectivity index (χ1v) is 7.00. The third kappa shape index (κ3) is 4.36. The lowest BCUT2D eigenvalue weighted by atomic mass is 10.2. The maximum Gasteiger partial charge on any atom is 0.300 e. The third-order valence-electron chi connectivity index (χ3n) is 2.52. The van der Waals surface area contributed by atoms with Crippen molar-refractivity contribution >= 4 is 35.0 Å². The summed E-state index contributed by atoms with van der Waals surface area (Å²) in [6.45, 7) is 4.32. The van der Waals surface area contributed by atoms with Crippen LogP contribution in [-0.2, 0) is 0 Å². The van der Waals surface area contributed by atoms with E-state index in [1.54, 1.807) is 11.8 Å². The van der Waals surface area contributed by atoms with E-state index in [0.29, 0.717) is 6.54 Å². The smallest absolute Gasteiger partial charge is 0.300 e. The highest BCUT2D eigenvalue weighted by molar-refractivity contribution is 7.99. The van der Waals surface area contributed by atoms with E-state index in [0.717, 1.165) is 6.20 Å². The first kappa shape index (κ1) is 15.7. The number of thioether (sulfide) groups is 1. The van der Waals surface area contributed by atoms with Gasteiger partial charge in [0, 0.05) is 11.3 Å². The fourth-order valence-electron chi connectivity index (χ4n) is 1.21. The molecule has 1 aromatic heterocycles. The number of rotatable bonds is 5. The van der Waals surface area contributed by atoms with Crippen LogP contribution in [0.3, 0.4) is 0 Å². The molecule has 0 aliphatic heterocycles. The van der Waals surface area contributed by atoms with Gasteiger partial charge in [0.25, 0.3) is 11.6 Å². The summed E-state index contributed by atoms with van der Waals surface area (Å²) < 4.78 is -0.152. The van der Waals surface area contributed by atoms with E-state index in [-0.39, 0.29) is 21.2 Å². The van der Waals surface area contributed by atoms with Crippen molar-refractivity contribution in [2.75, 3.05) is 12.8 Å². The molecule has 1 aromatic rings. The van der Waals surface area contributed by atoms with Crippen LogP contribution in [0.15, 0.2) is 12.3 Å². The van der Waals surface area contributed by atoms with E-state index in [4.69, 9.17) is 11.6 Å². The minimum atomic E-state index is -0.655. The highest BCUT2D eigenvalue weighted by atomic mass is 35.5. The number of nitro groups is 1.